The molecule has 0 aromatic carbocycles. The molecule has 0 amide bonds. The molecule has 0 atom stereocenters. The van der Waals surface area contributed by atoms with Crippen LogP contribution in [0.4, 0.5) is 0 Å². The van der Waals surface area contributed by atoms with Crippen LogP contribution in [0, 0.1) is 5.41 Å². The van der Waals surface area contributed by atoms with E-state index in [1.165, 1.54) is 0 Å². The van der Waals surface area contributed by atoms with Gasteiger partial charge < -0.3 is 11.1 Å². The molecule has 3 N–H and O–H groups in total. The van der Waals surface area contributed by atoms with E-state index in [1.807, 2.05) is 0 Å². The minimum Gasteiger partial charge on any atom is -0.330 e. The van der Waals surface area contributed by atoms with Gasteiger partial charge in [-0.05, 0) is 45.2 Å². The summed E-state index contributed by atoms with van der Waals surface area (Å²) in [5.41, 5.74) is 6.20. The van der Waals surface area contributed by atoms with Gasteiger partial charge in [0.15, 0.2) is 0 Å². The van der Waals surface area contributed by atoms with Crippen molar-refractivity contribution in [3.8, 4) is 0 Å². The molecular formula is C11H26N2. The average Bonchev–Trinajstić information content (AvgIpc) is 2.04. The van der Waals surface area contributed by atoms with Crippen LogP contribution in [0.1, 0.15) is 47.5 Å². The highest BCUT2D eigenvalue weighted by atomic mass is 14.9. The lowest BCUT2D eigenvalue weighted by atomic mass is 9.89. The van der Waals surface area contributed by atoms with E-state index in [-0.39, 0.29) is 11.0 Å². The van der Waals surface area contributed by atoms with Crippen LogP contribution in [-0.2, 0) is 0 Å². The number of hydrogen-bond donors (Lipinski definition) is 2. The van der Waals surface area contributed by atoms with Crippen molar-refractivity contribution in [2.45, 2.75) is 53.0 Å². The molecule has 2 nitrogen and oxygen atoms in total. The molecule has 0 fully saturated rings. The zero-order chi connectivity index (χ0) is 10.5. The molecule has 0 radical (unpaired) electrons. The van der Waals surface area contributed by atoms with E-state index in [0.29, 0.717) is 0 Å². The summed E-state index contributed by atoms with van der Waals surface area (Å²) < 4.78 is 0. The van der Waals surface area contributed by atoms with Gasteiger partial charge in [-0.3, -0.25) is 0 Å². The van der Waals surface area contributed by atoms with Crippen molar-refractivity contribution in [3.05, 3.63) is 0 Å². The van der Waals surface area contributed by atoms with Crippen LogP contribution in [0.2, 0.25) is 0 Å². The molecule has 0 unspecified atom stereocenters. The summed E-state index contributed by atoms with van der Waals surface area (Å²) in [6.45, 7) is 12.9. The molecule has 0 rings (SSSR count). The Morgan fingerprint density at radius 3 is 2.08 bits per heavy atom. The van der Waals surface area contributed by atoms with Crippen molar-refractivity contribution in [1.82, 2.24) is 5.32 Å². The molecule has 0 spiro atoms. The molecule has 0 bridgehead atoms. The average molecular weight is 186 g/mol. The van der Waals surface area contributed by atoms with E-state index in [0.717, 1.165) is 25.9 Å². The van der Waals surface area contributed by atoms with Crippen molar-refractivity contribution in [3.63, 3.8) is 0 Å². The van der Waals surface area contributed by atoms with E-state index < -0.39 is 0 Å². The van der Waals surface area contributed by atoms with Crippen LogP contribution in [0.3, 0.4) is 0 Å². The normalized spacial score (nSPS) is 13.4. The van der Waals surface area contributed by atoms with Crippen molar-refractivity contribution < 1.29 is 0 Å². The molecule has 2 heteroatoms. The van der Waals surface area contributed by atoms with Crippen molar-refractivity contribution in [2.75, 3.05) is 13.1 Å². The van der Waals surface area contributed by atoms with Gasteiger partial charge in [-0.25, -0.2) is 0 Å². The molecule has 0 saturated heterocycles. The van der Waals surface area contributed by atoms with Gasteiger partial charge in [-0.2, -0.15) is 0 Å². The van der Waals surface area contributed by atoms with Gasteiger partial charge in [0.05, 0.1) is 0 Å². The van der Waals surface area contributed by atoms with Crippen LogP contribution < -0.4 is 11.1 Å². The molecular weight excluding hydrogens is 160 g/mol. The second-order valence-corrected chi connectivity index (χ2v) is 5.28. The van der Waals surface area contributed by atoms with Crippen LogP contribution >= 0.6 is 0 Å². The third kappa shape index (κ3) is 6.05. The number of rotatable bonds is 6. The Morgan fingerprint density at radius 1 is 1.15 bits per heavy atom. The minimum absolute atomic E-state index is 0.269. The lowest BCUT2D eigenvalue weighted by molar-refractivity contribution is 0.300. The van der Waals surface area contributed by atoms with Gasteiger partial charge in [0.2, 0.25) is 0 Å². The maximum Gasteiger partial charge on any atom is 0.0122 e. The van der Waals surface area contributed by atoms with E-state index in [9.17, 15) is 0 Å². The molecule has 13 heavy (non-hydrogen) atoms. The van der Waals surface area contributed by atoms with Crippen molar-refractivity contribution in [1.29, 1.82) is 0 Å². The first-order chi connectivity index (χ1) is 5.83. The molecule has 0 aliphatic rings. The predicted molar refractivity (Wildman–Crippen MR) is 59.8 cm³/mol. The topological polar surface area (TPSA) is 38.0 Å². The largest absolute Gasteiger partial charge is 0.330 e. The molecule has 0 aliphatic heterocycles. The van der Waals surface area contributed by atoms with Gasteiger partial charge in [0.25, 0.3) is 0 Å². The summed E-state index contributed by atoms with van der Waals surface area (Å²) in [4.78, 5) is 0. The second-order valence-electron chi connectivity index (χ2n) is 5.28. The highest BCUT2D eigenvalue weighted by Crippen LogP contribution is 2.17. The maximum atomic E-state index is 5.66. The third-order valence-corrected chi connectivity index (χ3v) is 2.84. The predicted octanol–water partition coefficient (Wildman–Crippen LogP) is 2.14. The maximum absolute atomic E-state index is 5.66. The standard InChI is InChI=1S/C11H26N2/c1-6-11(4,5)13-8-7-10(2,3)9-12/h13H,6-9,12H2,1-5H3. The zero-order valence-electron chi connectivity index (χ0n) is 9.91. The Labute approximate surface area is 83.3 Å². The Morgan fingerprint density at radius 2 is 1.69 bits per heavy atom. The minimum atomic E-state index is 0.269. The molecule has 0 saturated carbocycles. The van der Waals surface area contributed by atoms with Gasteiger partial charge >= 0.3 is 0 Å². The van der Waals surface area contributed by atoms with Gasteiger partial charge in [-0.15, -0.1) is 0 Å². The zero-order valence-corrected chi connectivity index (χ0v) is 9.91. The highest BCUT2D eigenvalue weighted by molar-refractivity contribution is 4.77. The number of nitrogens with one attached hydrogen (secondary N) is 1. The van der Waals surface area contributed by atoms with Gasteiger partial charge in [-0.1, -0.05) is 20.8 Å². The molecule has 0 aromatic rings. The number of hydrogen-bond acceptors (Lipinski definition) is 2. The van der Waals surface area contributed by atoms with Crippen LogP contribution in [0.25, 0.3) is 0 Å². The molecule has 0 aliphatic carbocycles. The quantitative estimate of drug-likeness (QED) is 0.667. The van der Waals surface area contributed by atoms with Crippen molar-refractivity contribution >= 4 is 0 Å². The fourth-order valence-corrected chi connectivity index (χ4v) is 0.966. The Balaban J connectivity index is 3.68. The highest BCUT2D eigenvalue weighted by Gasteiger charge is 2.18. The van der Waals surface area contributed by atoms with Crippen LogP contribution in [-0.4, -0.2) is 18.6 Å². The van der Waals surface area contributed by atoms with E-state index in [4.69, 9.17) is 5.73 Å². The van der Waals surface area contributed by atoms with Gasteiger partial charge in [0, 0.05) is 5.54 Å². The molecule has 0 aromatic heterocycles. The summed E-state index contributed by atoms with van der Waals surface area (Å²) in [6.07, 6.45) is 2.31. The lowest BCUT2D eigenvalue weighted by Crippen LogP contribution is -2.41. The smallest absolute Gasteiger partial charge is 0.0122 e. The summed E-state index contributed by atoms with van der Waals surface area (Å²) in [6, 6.07) is 0. The first-order valence-electron chi connectivity index (χ1n) is 5.28. The monoisotopic (exact) mass is 186 g/mol. The SMILES string of the molecule is CCC(C)(C)NCCC(C)(C)CN. The van der Waals surface area contributed by atoms with Gasteiger partial charge in [0.1, 0.15) is 0 Å². The summed E-state index contributed by atoms with van der Waals surface area (Å²) in [5, 5.41) is 3.54. The molecule has 0 heterocycles. The van der Waals surface area contributed by atoms with E-state index in [1.54, 1.807) is 0 Å². The fourth-order valence-electron chi connectivity index (χ4n) is 0.966. The first-order valence-corrected chi connectivity index (χ1v) is 5.28. The fraction of sp³-hybridized carbons (Fsp3) is 1.00. The Kier molecular flexibility index (Phi) is 4.93. The van der Waals surface area contributed by atoms with E-state index in [2.05, 4.69) is 39.9 Å². The Bertz CT molecular complexity index is 123. The molecule has 80 valence electrons. The second kappa shape index (κ2) is 4.97. The summed E-state index contributed by atoms with van der Waals surface area (Å²) in [7, 11) is 0. The number of nitrogens with two attached hydrogens (primary N) is 1. The van der Waals surface area contributed by atoms with E-state index >= 15 is 0 Å². The Hall–Kier alpha value is -0.0800. The first kappa shape index (κ1) is 12.9. The van der Waals surface area contributed by atoms with Crippen LogP contribution in [0.5, 0.6) is 0 Å². The summed E-state index contributed by atoms with van der Waals surface area (Å²) >= 11 is 0. The van der Waals surface area contributed by atoms with Crippen LogP contribution in [0.15, 0.2) is 0 Å². The van der Waals surface area contributed by atoms with Crippen molar-refractivity contribution in [2.24, 2.45) is 11.1 Å². The summed E-state index contributed by atoms with van der Waals surface area (Å²) in [5.74, 6) is 0. The lowest BCUT2D eigenvalue weighted by Gasteiger charge is -2.28. The third-order valence-electron chi connectivity index (χ3n) is 2.84.